The molecule has 0 rings (SSSR count). The first-order valence-corrected chi connectivity index (χ1v) is 2.69. The van der Waals surface area contributed by atoms with Crippen LogP contribution in [0.5, 0.6) is 0 Å². The van der Waals surface area contributed by atoms with Crippen molar-refractivity contribution in [3.8, 4) is 0 Å². The van der Waals surface area contributed by atoms with Crippen LogP contribution in [0, 0.1) is 0 Å². The Balaban J connectivity index is -0.0000000750. The summed E-state index contributed by atoms with van der Waals surface area (Å²) in [5.41, 5.74) is 0. The van der Waals surface area contributed by atoms with Gasteiger partial charge in [-0.2, -0.15) is 8.42 Å². The fraction of sp³-hybridized carbons (Fsp3) is 0. The molecule has 2 N–H and O–H groups in total. The van der Waals surface area contributed by atoms with Crippen LogP contribution in [0.3, 0.4) is 0 Å². The van der Waals surface area contributed by atoms with Crippen LogP contribution in [0.15, 0.2) is 0 Å². The van der Waals surface area contributed by atoms with E-state index in [-0.39, 0.29) is 26.2 Å². The Bertz CT molecular complexity index is 106. The minimum atomic E-state index is -4.67. The Kier molecular flexibility index (Phi) is 16.2. The van der Waals surface area contributed by atoms with Crippen molar-refractivity contribution in [1.82, 2.24) is 0 Å². The standard InChI is InChI=1S/Fe.H2O4S.O.Zr/c;1-5(2,3)4;;/h;(H2,1,2,3,4);;. The molecule has 0 aliphatic heterocycles. The molecule has 0 fully saturated rings. The van der Waals surface area contributed by atoms with E-state index >= 15 is 0 Å². The molecule has 8 heavy (non-hydrogen) atoms. The quantitative estimate of drug-likeness (QED) is 0.441. The maximum atomic E-state index is 8.74. The van der Waals surface area contributed by atoms with E-state index in [1.54, 1.807) is 0 Å². The van der Waals surface area contributed by atoms with Gasteiger partial charge in [0.05, 0.1) is 0 Å². The van der Waals surface area contributed by atoms with Crippen molar-refractivity contribution in [3.63, 3.8) is 0 Å². The van der Waals surface area contributed by atoms with Gasteiger partial charge < -0.3 is 0 Å². The smallest absolute Gasteiger partial charge is 0 e. The summed E-state index contributed by atoms with van der Waals surface area (Å²) < 4.78 is 39.6. The van der Waals surface area contributed by atoms with Gasteiger partial charge in [-0.3, -0.25) is 9.11 Å². The van der Waals surface area contributed by atoms with E-state index in [9.17, 15) is 0 Å². The molecular weight excluding hydrogens is 259 g/mol. The van der Waals surface area contributed by atoms with Crippen molar-refractivity contribution in [2.75, 3.05) is 0 Å². The molecule has 0 unspecified atom stereocenters. The Morgan fingerprint density at radius 1 is 1.12 bits per heavy atom. The molecule has 0 amide bonds. The third-order valence-electron chi connectivity index (χ3n) is 0. The van der Waals surface area contributed by atoms with Crippen LogP contribution in [-0.2, 0) is 56.4 Å². The summed E-state index contributed by atoms with van der Waals surface area (Å²) in [7, 11) is -4.67. The molecule has 0 aromatic rings. The van der Waals surface area contributed by atoms with Gasteiger partial charge in [0, 0.05) is 26.2 Å². The summed E-state index contributed by atoms with van der Waals surface area (Å²) in [5.74, 6) is 0. The average molecular weight is 261 g/mol. The second kappa shape index (κ2) is 8.07. The fourth-order valence-corrected chi connectivity index (χ4v) is 0. The minimum Gasteiger partial charge on any atom is 0 e. The van der Waals surface area contributed by atoms with E-state index < -0.39 is 10.4 Å². The zero-order valence-electron chi connectivity index (χ0n) is 3.38. The average Bonchev–Trinajstić information content (AvgIpc) is 1.36. The molecule has 0 spiro atoms. The van der Waals surface area contributed by atoms with E-state index in [1.165, 1.54) is 0 Å². The number of hydrogen-bond donors (Lipinski definition) is 2. The van der Waals surface area contributed by atoms with Crippen LogP contribution in [-0.4, -0.2) is 17.5 Å². The molecule has 0 bridgehead atoms. The topological polar surface area (TPSA) is 91.7 Å². The van der Waals surface area contributed by atoms with Crippen LogP contribution in [0.2, 0.25) is 0 Å². The van der Waals surface area contributed by atoms with Gasteiger partial charge in [0.25, 0.3) is 0 Å². The molecule has 50 valence electrons. The van der Waals surface area contributed by atoms with E-state index in [4.69, 9.17) is 21.4 Å². The third-order valence-corrected chi connectivity index (χ3v) is 0. The molecule has 0 aromatic carbocycles. The molecule has 5 nitrogen and oxygen atoms in total. The van der Waals surface area contributed by atoms with Crippen LogP contribution in [0.25, 0.3) is 0 Å². The molecule has 0 radical (unpaired) electrons. The molecule has 0 aromatic heterocycles. The third kappa shape index (κ3) is 227. The van der Waals surface area contributed by atoms with Gasteiger partial charge in [0.1, 0.15) is 0 Å². The van der Waals surface area contributed by atoms with E-state index in [0.717, 1.165) is 0 Å². The van der Waals surface area contributed by atoms with E-state index in [0.29, 0.717) is 0 Å². The van der Waals surface area contributed by atoms with E-state index in [2.05, 4.69) is 0 Å². The summed E-state index contributed by atoms with van der Waals surface area (Å²) in [4.78, 5) is 0. The summed E-state index contributed by atoms with van der Waals surface area (Å²) in [5, 5.41) is 0. The Labute approximate surface area is 73.6 Å². The first kappa shape index (κ1) is 16.0. The second-order valence-electron chi connectivity index (χ2n) is 0.448. The predicted molar refractivity (Wildman–Crippen MR) is 14.9 cm³/mol. The van der Waals surface area contributed by atoms with Crippen molar-refractivity contribution in [2.45, 2.75) is 0 Å². The number of hydrogen-bond acceptors (Lipinski definition) is 3. The molecule has 0 atom stereocenters. The van der Waals surface area contributed by atoms with Gasteiger partial charge in [-0.1, -0.05) is 0 Å². The largest absolute Gasteiger partial charge is 0 e. The normalized spacial score (nSPS) is 7.88. The fourth-order valence-electron chi connectivity index (χ4n) is 0. The first-order chi connectivity index (χ1) is 3.00. The molecule has 0 heterocycles. The van der Waals surface area contributed by atoms with Crippen LogP contribution in [0.4, 0.5) is 0 Å². The summed E-state index contributed by atoms with van der Waals surface area (Å²) in [6.45, 7) is 0. The molecule has 0 saturated carbocycles. The monoisotopic (exact) mass is 260 g/mol. The van der Waals surface area contributed by atoms with Gasteiger partial charge in [-0.25, -0.2) is 0 Å². The number of rotatable bonds is 0. The molecule has 0 aliphatic rings. The molecule has 0 saturated heterocycles. The second-order valence-corrected chi connectivity index (χ2v) is 1.34. The zero-order valence-corrected chi connectivity index (χ0v) is 7.76. The van der Waals surface area contributed by atoms with Crippen LogP contribution >= 0.6 is 0 Å². The first-order valence-electron chi connectivity index (χ1n) is 0.843. The van der Waals surface area contributed by atoms with Gasteiger partial charge >= 0.3 is 30.2 Å². The Hall–Kier alpha value is 1.07. The maximum absolute atomic E-state index is 8.74. The molecule has 0 aliphatic carbocycles. The van der Waals surface area contributed by atoms with Gasteiger partial charge in [0.2, 0.25) is 0 Å². The van der Waals surface area contributed by atoms with Crippen LogP contribution in [0.1, 0.15) is 0 Å². The van der Waals surface area contributed by atoms with Gasteiger partial charge in [-0.05, 0) is 0 Å². The summed E-state index contributed by atoms with van der Waals surface area (Å²) >= 11 is 2.00. The Morgan fingerprint density at radius 2 is 1.12 bits per heavy atom. The minimum absolute atomic E-state index is 0. The van der Waals surface area contributed by atoms with Gasteiger partial charge in [-0.15, -0.1) is 0 Å². The van der Waals surface area contributed by atoms with Crippen molar-refractivity contribution in [3.05, 3.63) is 0 Å². The van der Waals surface area contributed by atoms with E-state index in [1.807, 2.05) is 15.9 Å². The molecule has 8 heteroatoms. The van der Waals surface area contributed by atoms with Gasteiger partial charge in [0.15, 0.2) is 0 Å². The summed E-state index contributed by atoms with van der Waals surface area (Å²) in [6.07, 6.45) is 0. The predicted octanol–water partition coefficient (Wildman–Crippen LogP) is -0.777. The summed E-state index contributed by atoms with van der Waals surface area (Å²) in [6, 6.07) is 0. The zero-order chi connectivity index (χ0) is 6.50. The van der Waals surface area contributed by atoms with Crippen molar-refractivity contribution in [2.24, 2.45) is 0 Å². The van der Waals surface area contributed by atoms with Crippen LogP contribution < -0.4 is 0 Å². The van der Waals surface area contributed by atoms with Crippen molar-refractivity contribution >= 4 is 10.4 Å². The van der Waals surface area contributed by atoms with Crippen molar-refractivity contribution < 1.29 is 63.5 Å². The maximum Gasteiger partial charge on any atom is 0 e. The van der Waals surface area contributed by atoms with Crippen molar-refractivity contribution in [1.29, 1.82) is 0 Å². The Morgan fingerprint density at radius 3 is 1.12 bits per heavy atom. The molecular formula is H2FeO5SZr. The SMILES string of the molecule is O=S(=O)(O)O.[O]=[Fe].[Zr].